The van der Waals surface area contributed by atoms with Crippen LogP contribution in [0.5, 0.6) is 0 Å². The summed E-state index contributed by atoms with van der Waals surface area (Å²) in [6.45, 7) is 1.14. The van der Waals surface area contributed by atoms with E-state index in [-0.39, 0.29) is 24.0 Å². The largest absolute Gasteiger partial charge is 0.385 e. The number of ketones is 2. The molecule has 1 aliphatic rings. The first kappa shape index (κ1) is 16.9. The zero-order valence-electron chi connectivity index (χ0n) is 13.7. The first-order valence-electron chi connectivity index (χ1n) is 8.15. The van der Waals surface area contributed by atoms with Crippen molar-refractivity contribution in [1.29, 1.82) is 0 Å². The minimum atomic E-state index is -0.184. The van der Waals surface area contributed by atoms with E-state index in [2.05, 4.69) is 10.6 Å². The van der Waals surface area contributed by atoms with Gasteiger partial charge >= 0.3 is 0 Å². The maximum atomic E-state index is 12.7. The molecule has 0 atom stereocenters. The molecule has 1 amide bonds. The molecule has 0 bridgehead atoms. The lowest BCUT2D eigenvalue weighted by Gasteiger charge is -2.18. The van der Waals surface area contributed by atoms with E-state index in [0.717, 1.165) is 12.1 Å². The Morgan fingerprint density at radius 1 is 0.880 bits per heavy atom. The van der Waals surface area contributed by atoms with Crippen LogP contribution in [0.3, 0.4) is 0 Å². The topological polar surface area (TPSA) is 101 Å². The second kappa shape index (κ2) is 7.27. The van der Waals surface area contributed by atoms with Gasteiger partial charge in [0.1, 0.15) is 0 Å². The fourth-order valence-corrected chi connectivity index (χ4v) is 2.83. The van der Waals surface area contributed by atoms with Crippen LogP contribution in [0.2, 0.25) is 0 Å². The molecule has 128 valence electrons. The van der Waals surface area contributed by atoms with Gasteiger partial charge in [-0.3, -0.25) is 14.4 Å². The maximum absolute atomic E-state index is 12.7. The zero-order chi connectivity index (χ0) is 17.8. The van der Waals surface area contributed by atoms with E-state index < -0.39 is 0 Å². The Hall–Kier alpha value is -2.99. The number of nitrogens with two attached hydrogens (primary N) is 1. The predicted octanol–water partition coefficient (Wildman–Crippen LogP) is 1.34. The average molecular weight is 337 g/mol. The van der Waals surface area contributed by atoms with Crippen molar-refractivity contribution in [2.75, 3.05) is 25.0 Å². The smallest absolute Gasteiger partial charge is 0.233 e. The molecular formula is C19H19N3O3. The normalized spacial score (nSPS) is 12.4. The van der Waals surface area contributed by atoms with Crippen molar-refractivity contribution in [2.45, 2.75) is 6.42 Å². The van der Waals surface area contributed by atoms with Crippen LogP contribution >= 0.6 is 0 Å². The van der Waals surface area contributed by atoms with Crippen molar-refractivity contribution in [3.05, 3.63) is 64.7 Å². The predicted molar refractivity (Wildman–Crippen MR) is 94.9 cm³/mol. The minimum absolute atomic E-state index is 0.0180. The van der Waals surface area contributed by atoms with Gasteiger partial charge < -0.3 is 16.4 Å². The van der Waals surface area contributed by atoms with Crippen LogP contribution in [-0.4, -0.2) is 37.1 Å². The number of anilines is 1. The number of carbonyl (C=O) groups is 3. The monoisotopic (exact) mass is 337 g/mol. The molecule has 0 saturated carbocycles. The van der Waals surface area contributed by atoms with Crippen LogP contribution in [0.25, 0.3) is 0 Å². The summed E-state index contributed by atoms with van der Waals surface area (Å²) < 4.78 is 0. The van der Waals surface area contributed by atoms with Gasteiger partial charge in [-0.25, -0.2) is 0 Å². The summed E-state index contributed by atoms with van der Waals surface area (Å²) in [6, 6.07) is 12.1. The van der Waals surface area contributed by atoms with Crippen LogP contribution in [0.4, 0.5) is 5.69 Å². The Labute approximate surface area is 145 Å². The van der Waals surface area contributed by atoms with E-state index in [1.807, 2.05) is 0 Å². The number of amides is 1. The van der Waals surface area contributed by atoms with E-state index in [4.69, 9.17) is 5.73 Å². The van der Waals surface area contributed by atoms with Crippen molar-refractivity contribution in [3.63, 3.8) is 0 Å². The quantitative estimate of drug-likeness (QED) is 0.589. The first-order valence-corrected chi connectivity index (χ1v) is 8.15. The molecule has 0 unspecified atom stereocenters. The van der Waals surface area contributed by atoms with Crippen molar-refractivity contribution in [2.24, 2.45) is 5.73 Å². The Morgan fingerprint density at radius 2 is 1.52 bits per heavy atom. The van der Waals surface area contributed by atoms with Crippen LogP contribution in [-0.2, 0) is 4.79 Å². The molecule has 2 aromatic rings. The molecular weight excluding hydrogens is 318 g/mol. The molecule has 6 nitrogen and oxygen atoms in total. The number of carbonyl (C=O) groups excluding carboxylic acids is 3. The van der Waals surface area contributed by atoms with Crippen LogP contribution in [0.1, 0.15) is 38.3 Å². The molecule has 2 aromatic carbocycles. The molecule has 1 aliphatic carbocycles. The van der Waals surface area contributed by atoms with Crippen LogP contribution in [0.15, 0.2) is 42.5 Å². The number of benzene rings is 2. The number of rotatable bonds is 6. The van der Waals surface area contributed by atoms with Gasteiger partial charge in [0.15, 0.2) is 11.6 Å². The molecule has 25 heavy (non-hydrogen) atoms. The summed E-state index contributed by atoms with van der Waals surface area (Å²) in [5, 5.41) is 5.89. The summed E-state index contributed by atoms with van der Waals surface area (Å²) in [6.07, 6.45) is 0.721. The molecule has 0 aliphatic heterocycles. The van der Waals surface area contributed by atoms with Crippen molar-refractivity contribution >= 4 is 23.2 Å². The molecule has 3 rings (SSSR count). The SMILES string of the molecule is NCC(=O)NCCCNc1ccc2c(c1)C(=O)c1ccccc1C2=O. The van der Waals surface area contributed by atoms with Crippen LogP contribution in [0, 0.1) is 0 Å². The summed E-state index contributed by atoms with van der Waals surface area (Å²) in [7, 11) is 0. The zero-order valence-corrected chi connectivity index (χ0v) is 13.7. The Bertz CT molecular complexity index is 846. The third-order valence-electron chi connectivity index (χ3n) is 4.12. The maximum Gasteiger partial charge on any atom is 0.233 e. The van der Waals surface area contributed by atoms with Crippen LogP contribution < -0.4 is 16.4 Å². The van der Waals surface area contributed by atoms with Gasteiger partial charge in [-0.2, -0.15) is 0 Å². The standard InChI is InChI=1S/C19H19N3O3/c20-11-17(23)22-9-3-8-21-12-6-7-15-16(10-12)19(25)14-5-2-1-4-13(14)18(15)24/h1-2,4-7,10,21H,3,8-9,11,20H2,(H,22,23). The average Bonchev–Trinajstić information content (AvgIpc) is 2.65. The highest BCUT2D eigenvalue weighted by atomic mass is 16.2. The Kier molecular flexibility index (Phi) is 4.90. The lowest BCUT2D eigenvalue weighted by Crippen LogP contribution is -2.31. The molecule has 0 spiro atoms. The summed E-state index contributed by atoms with van der Waals surface area (Å²) >= 11 is 0. The molecule has 0 fully saturated rings. The van der Waals surface area contributed by atoms with Crippen molar-refractivity contribution < 1.29 is 14.4 Å². The third kappa shape index (κ3) is 3.44. The summed E-state index contributed by atoms with van der Waals surface area (Å²) in [5.74, 6) is -0.443. The van der Waals surface area contributed by atoms with Gasteiger partial charge in [-0.15, -0.1) is 0 Å². The lowest BCUT2D eigenvalue weighted by atomic mass is 9.84. The van der Waals surface area contributed by atoms with E-state index >= 15 is 0 Å². The molecule has 6 heteroatoms. The lowest BCUT2D eigenvalue weighted by molar-refractivity contribution is -0.119. The Morgan fingerprint density at radius 3 is 2.20 bits per heavy atom. The molecule has 0 saturated heterocycles. The summed E-state index contributed by atoms with van der Waals surface area (Å²) in [4.78, 5) is 36.2. The van der Waals surface area contributed by atoms with Crippen molar-refractivity contribution in [1.82, 2.24) is 5.32 Å². The second-order valence-electron chi connectivity index (χ2n) is 5.80. The molecule has 0 radical (unpaired) electrons. The fourth-order valence-electron chi connectivity index (χ4n) is 2.83. The van der Waals surface area contributed by atoms with Gasteiger partial charge in [0.25, 0.3) is 0 Å². The number of fused-ring (bicyclic) bond motifs is 2. The highest BCUT2D eigenvalue weighted by molar-refractivity contribution is 6.28. The van der Waals surface area contributed by atoms with E-state index in [0.29, 0.717) is 35.3 Å². The van der Waals surface area contributed by atoms with Gasteiger partial charge in [0.2, 0.25) is 5.91 Å². The number of hydrogen-bond acceptors (Lipinski definition) is 5. The van der Waals surface area contributed by atoms with Gasteiger partial charge in [0.05, 0.1) is 6.54 Å². The van der Waals surface area contributed by atoms with Crippen molar-refractivity contribution in [3.8, 4) is 0 Å². The number of hydrogen-bond donors (Lipinski definition) is 3. The molecule has 0 heterocycles. The highest BCUT2D eigenvalue weighted by Crippen LogP contribution is 2.28. The first-order chi connectivity index (χ1) is 12.1. The third-order valence-corrected chi connectivity index (χ3v) is 4.12. The van der Waals surface area contributed by atoms with E-state index in [9.17, 15) is 14.4 Å². The summed E-state index contributed by atoms with van der Waals surface area (Å²) in [5.41, 5.74) is 7.74. The highest BCUT2D eigenvalue weighted by Gasteiger charge is 2.29. The van der Waals surface area contributed by atoms with E-state index in [1.165, 1.54) is 0 Å². The minimum Gasteiger partial charge on any atom is -0.385 e. The Balaban J connectivity index is 1.69. The van der Waals surface area contributed by atoms with E-state index in [1.54, 1.807) is 42.5 Å². The van der Waals surface area contributed by atoms with Gasteiger partial charge in [-0.1, -0.05) is 24.3 Å². The molecule has 0 aromatic heterocycles. The molecule has 4 N–H and O–H groups in total. The second-order valence-corrected chi connectivity index (χ2v) is 5.80. The fraction of sp³-hybridized carbons (Fsp3) is 0.211. The van der Waals surface area contributed by atoms with Gasteiger partial charge in [-0.05, 0) is 24.6 Å². The number of nitrogens with one attached hydrogen (secondary N) is 2. The van der Waals surface area contributed by atoms with Gasteiger partial charge in [0, 0.05) is 41.0 Å².